The predicted molar refractivity (Wildman–Crippen MR) is 111 cm³/mol. The average Bonchev–Trinajstić information content (AvgIpc) is 3.19. The molecule has 2 aromatic rings. The van der Waals surface area contributed by atoms with E-state index in [1.165, 1.54) is 24.3 Å². The zero-order valence-electron chi connectivity index (χ0n) is 17.7. The first-order valence-electron chi connectivity index (χ1n) is 8.52. The van der Waals surface area contributed by atoms with E-state index in [9.17, 15) is 15.3 Å². The molecule has 1 fully saturated rings. The Kier molecular flexibility index (Phi) is 12.8. The summed E-state index contributed by atoms with van der Waals surface area (Å²) in [6.07, 6.45) is -0.993. The van der Waals surface area contributed by atoms with Crippen LogP contribution in [0.2, 0.25) is 0 Å². The van der Waals surface area contributed by atoms with Crippen molar-refractivity contribution in [2.75, 3.05) is 19.5 Å². The number of hydrogen-bond donors (Lipinski definition) is 13. The van der Waals surface area contributed by atoms with Crippen LogP contribution in [0.4, 0.5) is 5.82 Å². The van der Waals surface area contributed by atoms with Crippen LogP contribution in [0.15, 0.2) is 12.7 Å². The van der Waals surface area contributed by atoms with Gasteiger partial charge in [-0.15, -0.1) is 0 Å². The van der Waals surface area contributed by atoms with Crippen LogP contribution < -0.4 is 5.73 Å². The van der Waals surface area contributed by atoms with Crippen molar-refractivity contribution >= 4 is 40.4 Å². The molecule has 0 spiro atoms. The first kappa shape index (κ1) is 34.5. The number of phosphoric acid groups is 3. The Hall–Kier alpha value is -1.52. The number of methoxy groups -OCH3 is 1. The van der Waals surface area contributed by atoms with Gasteiger partial charge in [-0.1, -0.05) is 0 Å². The fourth-order valence-electron chi connectivity index (χ4n) is 2.42. The van der Waals surface area contributed by atoms with Crippen molar-refractivity contribution in [3.63, 3.8) is 0 Å². The summed E-state index contributed by atoms with van der Waals surface area (Å²) in [5, 5.41) is 29.8. The van der Waals surface area contributed by atoms with E-state index >= 15 is 0 Å². The molecule has 2 aromatic heterocycles. The average molecular weight is 591 g/mol. The van der Waals surface area contributed by atoms with Gasteiger partial charge in [0.1, 0.15) is 24.1 Å². The number of fused-ring (bicyclic) bond motifs is 1. The molecule has 36 heavy (non-hydrogen) atoms. The summed E-state index contributed by atoms with van der Waals surface area (Å²) >= 11 is 0. The number of nitrogens with zero attached hydrogens (tertiary/aromatic N) is 4. The molecule has 210 valence electrons. The van der Waals surface area contributed by atoms with Gasteiger partial charge >= 0.3 is 23.5 Å². The van der Waals surface area contributed by atoms with Crippen LogP contribution in [0.5, 0.6) is 0 Å². The second-order valence-corrected chi connectivity index (χ2v) is 9.31. The van der Waals surface area contributed by atoms with Gasteiger partial charge in [0.15, 0.2) is 17.7 Å². The van der Waals surface area contributed by atoms with Gasteiger partial charge in [0, 0.05) is 7.11 Å². The SMILES string of the molecule is CO[C@@]1(O)[C@H](O)[C@@H](CO)O[C@H]1n1cnc2c(N)ncnc21.O=P(O)(O)O.O=P(O)(O)O.O=P(O)(O)O. The van der Waals surface area contributed by atoms with Gasteiger partial charge in [-0.2, -0.15) is 0 Å². The number of imidazole rings is 1. The summed E-state index contributed by atoms with van der Waals surface area (Å²) in [6.45, 7) is -0.479. The first-order chi connectivity index (χ1) is 16.0. The van der Waals surface area contributed by atoms with Crippen LogP contribution in [0, 0.1) is 0 Å². The van der Waals surface area contributed by atoms with Crippen molar-refractivity contribution in [1.82, 2.24) is 19.5 Å². The van der Waals surface area contributed by atoms with Gasteiger partial charge in [0.2, 0.25) is 5.79 Å². The van der Waals surface area contributed by atoms with Crippen LogP contribution in [-0.4, -0.2) is 111 Å². The number of aromatic nitrogens is 4. The van der Waals surface area contributed by atoms with Crippen molar-refractivity contribution in [2.45, 2.75) is 24.2 Å². The largest absolute Gasteiger partial charge is 0.466 e. The lowest BCUT2D eigenvalue weighted by atomic mass is 10.1. The molecule has 0 unspecified atom stereocenters. The van der Waals surface area contributed by atoms with E-state index in [4.69, 9.17) is 72.9 Å². The molecule has 0 radical (unpaired) electrons. The van der Waals surface area contributed by atoms with Crippen molar-refractivity contribution in [2.24, 2.45) is 0 Å². The van der Waals surface area contributed by atoms with Crippen LogP contribution in [0.1, 0.15) is 6.23 Å². The molecule has 25 heteroatoms. The van der Waals surface area contributed by atoms with Crippen molar-refractivity contribution in [1.29, 1.82) is 0 Å². The van der Waals surface area contributed by atoms with Crippen LogP contribution in [-0.2, 0) is 23.2 Å². The van der Waals surface area contributed by atoms with E-state index in [0.29, 0.717) is 11.2 Å². The third kappa shape index (κ3) is 12.6. The molecule has 1 aliphatic heterocycles. The van der Waals surface area contributed by atoms with Gasteiger partial charge in [-0.05, 0) is 0 Å². The molecular weight excluding hydrogens is 567 g/mol. The highest BCUT2D eigenvalue weighted by Gasteiger charge is 2.57. The maximum atomic E-state index is 10.5. The maximum absolute atomic E-state index is 10.5. The van der Waals surface area contributed by atoms with Gasteiger partial charge in [-0.25, -0.2) is 28.6 Å². The van der Waals surface area contributed by atoms with Gasteiger partial charge in [0.05, 0.1) is 12.9 Å². The second-order valence-electron chi connectivity index (χ2n) is 6.23. The lowest BCUT2D eigenvalue weighted by Crippen LogP contribution is -2.48. The Balaban J connectivity index is 0.000000672. The summed E-state index contributed by atoms with van der Waals surface area (Å²) < 4.78 is 38.5. The molecule has 0 aliphatic carbocycles. The molecule has 0 bridgehead atoms. The van der Waals surface area contributed by atoms with E-state index in [-0.39, 0.29) is 5.82 Å². The Morgan fingerprint density at radius 1 is 1.00 bits per heavy atom. The summed E-state index contributed by atoms with van der Waals surface area (Å²) in [5.41, 5.74) is 6.35. The highest BCUT2D eigenvalue weighted by molar-refractivity contribution is 7.45. The normalized spacial score (nSPS) is 24.1. The fourth-order valence-corrected chi connectivity index (χ4v) is 2.42. The second kappa shape index (κ2) is 13.3. The minimum atomic E-state index is -4.64. The van der Waals surface area contributed by atoms with E-state index in [1.807, 2.05) is 0 Å². The number of anilines is 1. The highest BCUT2D eigenvalue weighted by Crippen LogP contribution is 2.40. The van der Waals surface area contributed by atoms with Crippen LogP contribution in [0.25, 0.3) is 11.2 Å². The summed E-state index contributed by atoms with van der Waals surface area (Å²) in [7, 11) is -12.7. The van der Waals surface area contributed by atoms with E-state index in [1.54, 1.807) is 0 Å². The minimum Gasteiger partial charge on any atom is -0.394 e. The van der Waals surface area contributed by atoms with Gasteiger partial charge < -0.3 is 74.6 Å². The monoisotopic (exact) mass is 591 g/mol. The molecule has 3 heterocycles. The van der Waals surface area contributed by atoms with Gasteiger partial charge in [0.25, 0.3) is 0 Å². The molecule has 0 saturated carbocycles. The number of ether oxygens (including phenoxy) is 2. The fraction of sp³-hybridized carbons (Fsp3) is 0.545. The standard InChI is InChI=1S/C11H15N5O5.3H3O4P/c1-20-11(19)7(18)5(2-17)21-10(11)16-4-15-6-8(12)13-3-14-9(6)16;3*1-5(2,3)4/h3-5,7,10,17-19H,2H2,1H3,(H2,12,13,14);3*(H3,1,2,3,4)/t5-,7-,10-,11+;;;/m1.../s1. The Bertz CT molecular complexity index is 1040. The number of hydrogen-bond acceptors (Lipinski definition) is 12. The molecular formula is C11H24N5O17P3. The summed E-state index contributed by atoms with van der Waals surface area (Å²) in [6, 6.07) is 0. The van der Waals surface area contributed by atoms with Gasteiger partial charge in [-0.3, -0.25) is 4.57 Å². The third-order valence-electron chi connectivity index (χ3n) is 3.58. The predicted octanol–water partition coefficient (Wildman–Crippen LogP) is -4.79. The number of nitrogen functional groups attached to an aromatic ring is 1. The topological polar surface area (TPSA) is 382 Å². The quantitative estimate of drug-likeness (QED) is 0.118. The third-order valence-corrected chi connectivity index (χ3v) is 3.58. The zero-order valence-corrected chi connectivity index (χ0v) is 20.4. The molecule has 0 amide bonds. The number of aliphatic hydroxyl groups excluding tert-OH is 2. The van der Waals surface area contributed by atoms with E-state index in [2.05, 4.69) is 15.0 Å². The van der Waals surface area contributed by atoms with E-state index in [0.717, 1.165) is 0 Å². The number of rotatable bonds is 3. The summed E-state index contributed by atoms with van der Waals surface area (Å²) in [4.78, 5) is 76.6. The Labute approximate surface area is 199 Å². The smallest absolute Gasteiger partial charge is 0.394 e. The van der Waals surface area contributed by atoms with E-state index < -0.39 is 54.3 Å². The lowest BCUT2D eigenvalue weighted by Gasteiger charge is -2.29. The molecule has 1 aliphatic rings. The number of aliphatic hydroxyl groups is 3. The molecule has 3 rings (SSSR count). The van der Waals surface area contributed by atoms with Crippen LogP contribution in [0.3, 0.4) is 0 Å². The molecule has 1 saturated heterocycles. The molecule has 14 N–H and O–H groups in total. The minimum absolute atomic E-state index is 0.178. The lowest BCUT2D eigenvalue weighted by molar-refractivity contribution is -0.264. The Morgan fingerprint density at radius 3 is 1.83 bits per heavy atom. The van der Waals surface area contributed by atoms with Crippen molar-refractivity contribution in [3.8, 4) is 0 Å². The molecule has 22 nitrogen and oxygen atoms in total. The zero-order chi connectivity index (χ0) is 28.7. The Morgan fingerprint density at radius 2 is 1.44 bits per heavy atom. The van der Waals surface area contributed by atoms with Crippen molar-refractivity contribution < 1.29 is 82.5 Å². The first-order valence-corrected chi connectivity index (χ1v) is 13.2. The summed E-state index contributed by atoms with van der Waals surface area (Å²) in [5.74, 6) is -1.88. The number of nitrogens with two attached hydrogens (primary N) is 1. The maximum Gasteiger partial charge on any atom is 0.466 e. The molecule has 4 atom stereocenters. The highest BCUT2D eigenvalue weighted by atomic mass is 31.2. The van der Waals surface area contributed by atoms with Crippen molar-refractivity contribution in [3.05, 3.63) is 12.7 Å². The molecule has 0 aromatic carbocycles. The van der Waals surface area contributed by atoms with Crippen LogP contribution >= 0.6 is 23.5 Å².